The van der Waals surface area contributed by atoms with Gasteiger partial charge in [-0.05, 0) is 43.9 Å². The van der Waals surface area contributed by atoms with Crippen LogP contribution in [0.5, 0.6) is 0 Å². The summed E-state index contributed by atoms with van der Waals surface area (Å²) < 4.78 is 0. The minimum absolute atomic E-state index is 0.226. The number of piperidine rings is 1. The molecule has 4 heteroatoms. The zero-order valence-corrected chi connectivity index (χ0v) is 13.0. The molecule has 3 fully saturated rings. The Morgan fingerprint density at radius 1 is 1.15 bits per heavy atom. The highest BCUT2D eigenvalue weighted by atomic mass is 16.2. The molecule has 1 N–H and O–H groups in total. The van der Waals surface area contributed by atoms with Crippen LogP contribution in [0.1, 0.15) is 38.5 Å². The van der Waals surface area contributed by atoms with E-state index in [4.69, 9.17) is 0 Å². The topological polar surface area (TPSA) is 35.6 Å². The maximum atomic E-state index is 11.7. The molecule has 3 atom stereocenters. The first kappa shape index (κ1) is 14.3. The van der Waals surface area contributed by atoms with Crippen molar-refractivity contribution in [3.63, 3.8) is 0 Å². The molecule has 2 bridgehead atoms. The Balaban J connectivity index is 1.39. The number of hydrogen-bond acceptors (Lipinski definition) is 3. The van der Waals surface area contributed by atoms with Crippen molar-refractivity contribution in [3.8, 4) is 0 Å². The number of likely N-dealkylation sites (tertiary alicyclic amines) is 1. The summed E-state index contributed by atoms with van der Waals surface area (Å²) in [6, 6.07) is 1.48. The lowest BCUT2D eigenvalue weighted by Crippen LogP contribution is -2.49. The molecule has 1 heterocycles. The van der Waals surface area contributed by atoms with Gasteiger partial charge in [-0.15, -0.1) is 0 Å². The van der Waals surface area contributed by atoms with Crippen molar-refractivity contribution < 1.29 is 4.79 Å². The molecule has 3 aliphatic rings. The average molecular weight is 279 g/mol. The van der Waals surface area contributed by atoms with Gasteiger partial charge in [0.05, 0.1) is 6.54 Å². The smallest absolute Gasteiger partial charge is 0.236 e. The van der Waals surface area contributed by atoms with Gasteiger partial charge in [-0.1, -0.05) is 6.42 Å². The van der Waals surface area contributed by atoms with Crippen LogP contribution in [-0.2, 0) is 4.79 Å². The lowest BCUT2D eigenvalue weighted by molar-refractivity contribution is -0.130. The molecule has 0 radical (unpaired) electrons. The molecule has 114 valence electrons. The van der Waals surface area contributed by atoms with Gasteiger partial charge >= 0.3 is 0 Å². The van der Waals surface area contributed by atoms with E-state index in [9.17, 15) is 4.79 Å². The van der Waals surface area contributed by atoms with E-state index in [0.717, 1.165) is 31.0 Å². The minimum atomic E-state index is 0.226. The first-order chi connectivity index (χ1) is 9.61. The largest absolute Gasteiger partial charge is 0.348 e. The van der Waals surface area contributed by atoms with Crippen molar-refractivity contribution in [2.24, 2.45) is 11.8 Å². The molecule has 4 nitrogen and oxygen atoms in total. The van der Waals surface area contributed by atoms with Gasteiger partial charge in [-0.25, -0.2) is 0 Å². The van der Waals surface area contributed by atoms with E-state index in [1.54, 1.807) is 4.90 Å². The highest BCUT2D eigenvalue weighted by Crippen LogP contribution is 2.44. The Morgan fingerprint density at radius 2 is 1.90 bits per heavy atom. The summed E-state index contributed by atoms with van der Waals surface area (Å²) in [5.74, 6) is 2.22. The van der Waals surface area contributed by atoms with Gasteiger partial charge < -0.3 is 10.2 Å². The quantitative estimate of drug-likeness (QED) is 0.843. The van der Waals surface area contributed by atoms with E-state index in [1.807, 2.05) is 14.1 Å². The second-order valence-electron chi connectivity index (χ2n) is 7.29. The average Bonchev–Trinajstić information content (AvgIpc) is 3.03. The minimum Gasteiger partial charge on any atom is -0.348 e. The Bertz CT molecular complexity index is 350. The van der Waals surface area contributed by atoms with Crippen molar-refractivity contribution in [2.75, 3.05) is 33.7 Å². The monoisotopic (exact) mass is 279 g/mol. The van der Waals surface area contributed by atoms with E-state index in [1.165, 1.54) is 38.5 Å². The molecule has 1 amide bonds. The number of rotatable bonds is 4. The van der Waals surface area contributed by atoms with Crippen LogP contribution in [0.2, 0.25) is 0 Å². The fraction of sp³-hybridized carbons (Fsp3) is 0.938. The SMILES string of the molecule is CN(C)C(=O)CN1CCC(NC2CC3CCC2C3)CC1. The highest BCUT2D eigenvalue weighted by Gasteiger charge is 2.40. The summed E-state index contributed by atoms with van der Waals surface area (Å²) in [5.41, 5.74) is 0. The summed E-state index contributed by atoms with van der Waals surface area (Å²) >= 11 is 0. The summed E-state index contributed by atoms with van der Waals surface area (Å²) in [6.45, 7) is 2.73. The van der Waals surface area contributed by atoms with Crippen LogP contribution in [0.15, 0.2) is 0 Å². The fourth-order valence-corrected chi connectivity index (χ4v) is 4.34. The summed E-state index contributed by atoms with van der Waals surface area (Å²) in [7, 11) is 3.68. The van der Waals surface area contributed by atoms with Gasteiger partial charge in [0.25, 0.3) is 0 Å². The predicted octanol–water partition coefficient (Wildman–Crippen LogP) is 1.32. The number of nitrogens with zero attached hydrogens (tertiary/aromatic N) is 2. The van der Waals surface area contributed by atoms with E-state index < -0.39 is 0 Å². The zero-order valence-electron chi connectivity index (χ0n) is 13.0. The van der Waals surface area contributed by atoms with Gasteiger partial charge in [-0.2, -0.15) is 0 Å². The zero-order chi connectivity index (χ0) is 14.1. The van der Waals surface area contributed by atoms with Gasteiger partial charge in [0, 0.05) is 39.3 Å². The van der Waals surface area contributed by atoms with E-state index in [2.05, 4.69) is 10.2 Å². The van der Waals surface area contributed by atoms with Crippen molar-refractivity contribution in [1.29, 1.82) is 0 Å². The molecule has 3 rings (SSSR count). The molecule has 2 saturated carbocycles. The molecule has 3 unspecified atom stereocenters. The normalized spacial score (nSPS) is 34.6. The highest BCUT2D eigenvalue weighted by molar-refractivity contribution is 5.77. The number of likely N-dealkylation sites (N-methyl/N-ethyl adjacent to an activating group) is 1. The molecule has 0 aromatic heterocycles. The summed E-state index contributed by atoms with van der Waals surface area (Å²) in [6.07, 6.45) is 8.24. The van der Waals surface area contributed by atoms with Gasteiger partial charge in [-0.3, -0.25) is 9.69 Å². The van der Waals surface area contributed by atoms with Crippen LogP contribution in [0.25, 0.3) is 0 Å². The van der Waals surface area contributed by atoms with Crippen LogP contribution in [0.3, 0.4) is 0 Å². The Hall–Kier alpha value is -0.610. The van der Waals surface area contributed by atoms with Gasteiger partial charge in [0.1, 0.15) is 0 Å². The molecular formula is C16H29N3O. The Kier molecular flexibility index (Phi) is 4.32. The van der Waals surface area contributed by atoms with Crippen molar-refractivity contribution in [2.45, 2.75) is 50.6 Å². The number of hydrogen-bond donors (Lipinski definition) is 1. The molecule has 0 aromatic rings. The van der Waals surface area contributed by atoms with Gasteiger partial charge in [0.2, 0.25) is 5.91 Å². The molecule has 2 aliphatic carbocycles. The lowest BCUT2D eigenvalue weighted by Gasteiger charge is -2.35. The van der Waals surface area contributed by atoms with E-state index >= 15 is 0 Å². The molecule has 0 aromatic carbocycles. The van der Waals surface area contributed by atoms with Crippen LogP contribution in [0.4, 0.5) is 0 Å². The van der Waals surface area contributed by atoms with Crippen molar-refractivity contribution in [3.05, 3.63) is 0 Å². The Labute approximate surface area is 122 Å². The maximum absolute atomic E-state index is 11.7. The molecule has 20 heavy (non-hydrogen) atoms. The Morgan fingerprint density at radius 3 is 2.45 bits per heavy atom. The first-order valence-electron chi connectivity index (χ1n) is 8.30. The van der Waals surface area contributed by atoms with Crippen molar-refractivity contribution in [1.82, 2.24) is 15.1 Å². The second kappa shape index (κ2) is 6.02. The lowest BCUT2D eigenvalue weighted by atomic mass is 9.93. The van der Waals surface area contributed by atoms with E-state index in [0.29, 0.717) is 12.6 Å². The first-order valence-corrected chi connectivity index (χ1v) is 8.30. The molecule has 0 spiro atoms. The third-order valence-corrected chi connectivity index (χ3v) is 5.63. The summed E-state index contributed by atoms with van der Waals surface area (Å²) in [4.78, 5) is 15.7. The van der Waals surface area contributed by atoms with Crippen LogP contribution < -0.4 is 5.32 Å². The third-order valence-electron chi connectivity index (χ3n) is 5.63. The number of fused-ring (bicyclic) bond motifs is 2. The van der Waals surface area contributed by atoms with Crippen LogP contribution in [-0.4, -0.2) is 61.5 Å². The number of nitrogens with one attached hydrogen (secondary N) is 1. The second-order valence-corrected chi connectivity index (χ2v) is 7.29. The molecule has 1 aliphatic heterocycles. The van der Waals surface area contributed by atoms with Crippen LogP contribution >= 0.6 is 0 Å². The van der Waals surface area contributed by atoms with Crippen LogP contribution in [0, 0.1) is 11.8 Å². The molecule has 1 saturated heterocycles. The number of amides is 1. The van der Waals surface area contributed by atoms with E-state index in [-0.39, 0.29) is 5.91 Å². The number of carbonyl (C=O) groups excluding carboxylic acids is 1. The predicted molar refractivity (Wildman–Crippen MR) is 80.5 cm³/mol. The van der Waals surface area contributed by atoms with Gasteiger partial charge in [0.15, 0.2) is 0 Å². The number of carbonyl (C=O) groups is 1. The summed E-state index contributed by atoms with van der Waals surface area (Å²) in [5, 5.41) is 3.92. The third kappa shape index (κ3) is 3.17. The maximum Gasteiger partial charge on any atom is 0.236 e. The molecular weight excluding hydrogens is 250 g/mol. The van der Waals surface area contributed by atoms with Crippen molar-refractivity contribution >= 4 is 5.91 Å². The fourth-order valence-electron chi connectivity index (χ4n) is 4.34. The standard InChI is InChI=1S/C16H29N3O/c1-18(2)16(20)11-19-7-5-14(6-8-19)17-15-10-12-3-4-13(15)9-12/h12-15,17H,3-11H2,1-2H3.